The third kappa shape index (κ3) is 1.78. The van der Waals surface area contributed by atoms with Crippen molar-refractivity contribution < 1.29 is 0 Å². The Morgan fingerprint density at radius 3 is 2.42 bits per heavy atom. The minimum atomic E-state index is 0.406. The van der Waals surface area contributed by atoms with Gasteiger partial charge in [0.05, 0.1) is 0 Å². The highest BCUT2D eigenvalue weighted by Gasteiger charge is 2.13. The first-order valence-corrected chi connectivity index (χ1v) is 7.68. The van der Waals surface area contributed by atoms with Crippen LogP contribution in [0.1, 0.15) is 0 Å². The Morgan fingerprint density at radius 1 is 0.833 bits per heavy atom. The number of anilines is 1. The van der Waals surface area contributed by atoms with Crippen LogP contribution in [-0.2, 0) is 0 Å². The van der Waals surface area contributed by atoms with Gasteiger partial charge >= 0.3 is 0 Å². The van der Waals surface area contributed by atoms with E-state index >= 15 is 0 Å². The van der Waals surface area contributed by atoms with E-state index in [1.54, 1.807) is 0 Å². The van der Waals surface area contributed by atoms with Crippen LogP contribution in [0.2, 0.25) is 0 Å². The van der Waals surface area contributed by atoms with E-state index in [9.17, 15) is 0 Å². The molecule has 0 aliphatic rings. The van der Waals surface area contributed by atoms with Gasteiger partial charge in [-0.2, -0.15) is 0 Å². The van der Waals surface area contributed by atoms with Crippen LogP contribution in [0.5, 0.6) is 0 Å². The molecule has 0 unspecified atom stereocenters. The van der Waals surface area contributed by atoms with Gasteiger partial charge in [-0.05, 0) is 27.6 Å². The zero-order valence-electron chi connectivity index (χ0n) is 12.7. The van der Waals surface area contributed by atoms with Gasteiger partial charge in [0.25, 0.3) is 0 Å². The Balaban J connectivity index is 1.91. The van der Waals surface area contributed by atoms with Crippen molar-refractivity contribution in [3.05, 3.63) is 60.9 Å². The topological polar surface area (TPSA) is 80.5 Å². The Kier molecular flexibility index (Phi) is 2.58. The van der Waals surface area contributed by atoms with E-state index in [1.807, 2.05) is 12.1 Å². The Labute approximate surface area is 137 Å². The fourth-order valence-electron chi connectivity index (χ4n) is 3.22. The molecule has 3 aromatic carbocycles. The van der Waals surface area contributed by atoms with Crippen molar-refractivity contribution in [1.29, 1.82) is 0 Å². The highest BCUT2D eigenvalue weighted by molar-refractivity contribution is 6.13. The van der Waals surface area contributed by atoms with E-state index in [1.165, 1.54) is 22.5 Å². The van der Waals surface area contributed by atoms with Crippen molar-refractivity contribution in [1.82, 2.24) is 19.9 Å². The Morgan fingerprint density at radius 2 is 1.58 bits per heavy atom. The van der Waals surface area contributed by atoms with E-state index in [0.29, 0.717) is 17.0 Å². The molecule has 0 radical (unpaired) electrons. The molecule has 5 rings (SSSR count). The summed E-state index contributed by atoms with van der Waals surface area (Å²) in [7, 11) is 0. The molecule has 3 N–H and O–H groups in total. The summed E-state index contributed by atoms with van der Waals surface area (Å²) in [5, 5.41) is 4.74. The van der Waals surface area contributed by atoms with Crippen molar-refractivity contribution in [2.75, 3.05) is 5.73 Å². The molecule has 114 valence electrons. The van der Waals surface area contributed by atoms with E-state index in [2.05, 4.69) is 62.4 Å². The van der Waals surface area contributed by atoms with Crippen LogP contribution >= 0.6 is 0 Å². The fraction of sp³-hybridized carbons (Fsp3) is 0. The number of hydrogen-bond donors (Lipinski definition) is 2. The molecule has 0 saturated heterocycles. The highest BCUT2D eigenvalue weighted by Crippen LogP contribution is 2.34. The number of imidazole rings is 1. The summed E-state index contributed by atoms with van der Waals surface area (Å²) in [5.74, 6) is 1.16. The predicted molar refractivity (Wildman–Crippen MR) is 96.5 cm³/mol. The number of H-pyrrole nitrogens is 1. The summed E-state index contributed by atoms with van der Waals surface area (Å²) in [6.45, 7) is 0. The molecule has 0 bridgehead atoms. The molecule has 24 heavy (non-hydrogen) atoms. The standard InChI is InChI=1S/C19H13N5/c20-17-16-19(22-10-21-17)24-18(23-16)15-9-11-5-1-2-6-12(11)13-7-3-4-8-14(13)15/h1-10H,(H3,20,21,22,23,24). The largest absolute Gasteiger partial charge is 0.382 e. The summed E-state index contributed by atoms with van der Waals surface area (Å²) in [5.41, 5.74) is 8.21. The first-order chi connectivity index (χ1) is 11.8. The highest BCUT2D eigenvalue weighted by atomic mass is 15.0. The molecule has 0 aliphatic carbocycles. The van der Waals surface area contributed by atoms with Crippen LogP contribution in [-0.4, -0.2) is 19.9 Å². The van der Waals surface area contributed by atoms with Crippen LogP contribution in [0.15, 0.2) is 60.9 Å². The molecule has 2 aromatic heterocycles. The van der Waals surface area contributed by atoms with Crippen LogP contribution in [0, 0.1) is 0 Å². The second kappa shape index (κ2) is 4.76. The molecular weight excluding hydrogens is 298 g/mol. The van der Waals surface area contributed by atoms with Gasteiger partial charge in [-0.15, -0.1) is 0 Å². The number of fused-ring (bicyclic) bond motifs is 4. The minimum Gasteiger partial charge on any atom is -0.382 e. The second-order valence-electron chi connectivity index (χ2n) is 5.73. The number of nitrogens with two attached hydrogens (primary N) is 1. The van der Waals surface area contributed by atoms with E-state index in [-0.39, 0.29) is 0 Å². The normalized spacial score (nSPS) is 11.5. The summed E-state index contributed by atoms with van der Waals surface area (Å²) in [4.78, 5) is 16.1. The summed E-state index contributed by atoms with van der Waals surface area (Å²) in [6.07, 6.45) is 1.43. The van der Waals surface area contributed by atoms with Crippen molar-refractivity contribution in [2.24, 2.45) is 0 Å². The van der Waals surface area contributed by atoms with Crippen LogP contribution < -0.4 is 5.73 Å². The van der Waals surface area contributed by atoms with Crippen LogP contribution in [0.4, 0.5) is 5.82 Å². The summed E-state index contributed by atoms with van der Waals surface area (Å²) >= 11 is 0. The maximum absolute atomic E-state index is 5.93. The lowest BCUT2D eigenvalue weighted by Gasteiger charge is -2.08. The minimum absolute atomic E-state index is 0.406. The van der Waals surface area contributed by atoms with Gasteiger partial charge in [-0.1, -0.05) is 48.5 Å². The second-order valence-corrected chi connectivity index (χ2v) is 5.73. The molecule has 5 heteroatoms. The number of nitrogens with one attached hydrogen (secondary N) is 1. The molecule has 0 fully saturated rings. The lowest BCUT2D eigenvalue weighted by atomic mass is 9.97. The number of nitrogens with zero attached hydrogens (tertiary/aromatic N) is 3. The first-order valence-electron chi connectivity index (χ1n) is 7.68. The van der Waals surface area contributed by atoms with Gasteiger partial charge in [0, 0.05) is 5.56 Å². The monoisotopic (exact) mass is 311 g/mol. The zero-order valence-corrected chi connectivity index (χ0v) is 12.7. The van der Waals surface area contributed by atoms with Crippen molar-refractivity contribution in [2.45, 2.75) is 0 Å². The number of benzene rings is 3. The molecule has 0 amide bonds. The van der Waals surface area contributed by atoms with Crippen LogP contribution in [0.25, 0.3) is 44.1 Å². The lowest BCUT2D eigenvalue weighted by molar-refractivity contribution is 1.21. The number of aromatic amines is 1. The molecule has 5 aromatic rings. The third-order valence-corrected chi connectivity index (χ3v) is 4.34. The average molecular weight is 311 g/mol. The molecule has 2 heterocycles. The van der Waals surface area contributed by atoms with Gasteiger partial charge in [-0.3, -0.25) is 0 Å². The molecule has 5 nitrogen and oxygen atoms in total. The number of aromatic nitrogens is 4. The van der Waals surface area contributed by atoms with Crippen molar-refractivity contribution in [3.63, 3.8) is 0 Å². The van der Waals surface area contributed by atoms with Gasteiger partial charge < -0.3 is 10.7 Å². The number of nitrogen functional groups attached to an aromatic ring is 1. The van der Waals surface area contributed by atoms with Crippen LogP contribution in [0.3, 0.4) is 0 Å². The maximum Gasteiger partial charge on any atom is 0.183 e. The fourth-order valence-corrected chi connectivity index (χ4v) is 3.22. The van der Waals surface area contributed by atoms with Gasteiger partial charge in [0.1, 0.15) is 17.7 Å². The third-order valence-electron chi connectivity index (χ3n) is 4.34. The van der Waals surface area contributed by atoms with Crippen molar-refractivity contribution >= 4 is 38.5 Å². The predicted octanol–water partition coefficient (Wildman–Crippen LogP) is 3.91. The lowest BCUT2D eigenvalue weighted by Crippen LogP contribution is -1.91. The molecular formula is C19H13N5. The van der Waals surface area contributed by atoms with E-state index < -0.39 is 0 Å². The van der Waals surface area contributed by atoms with Crippen molar-refractivity contribution in [3.8, 4) is 11.4 Å². The van der Waals surface area contributed by atoms with E-state index in [0.717, 1.165) is 16.8 Å². The molecule has 0 spiro atoms. The summed E-state index contributed by atoms with van der Waals surface area (Å²) < 4.78 is 0. The Hall–Kier alpha value is -3.47. The van der Waals surface area contributed by atoms with Gasteiger partial charge in [-0.25, -0.2) is 15.0 Å². The first kappa shape index (κ1) is 13.0. The molecule has 0 aliphatic heterocycles. The maximum atomic E-state index is 5.93. The quantitative estimate of drug-likeness (QED) is 0.460. The SMILES string of the molecule is Nc1ncnc2nc(-c3cc4ccccc4c4ccccc34)[nH]c12. The molecule has 0 atom stereocenters. The number of rotatable bonds is 1. The van der Waals surface area contributed by atoms with Gasteiger partial charge in [0.15, 0.2) is 11.5 Å². The summed E-state index contributed by atoms with van der Waals surface area (Å²) in [6, 6.07) is 18.9. The number of hydrogen-bond acceptors (Lipinski definition) is 4. The van der Waals surface area contributed by atoms with Gasteiger partial charge in [0.2, 0.25) is 0 Å². The van der Waals surface area contributed by atoms with E-state index in [4.69, 9.17) is 5.73 Å². The molecule has 0 saturated carbocycles. The smallest absolute Gasteiger partial charge is 0.183 e. The zero-order chi connectivity index (χ0) is 16.1. The Bertz CT molecular complexity index is 1220. The average Bonchev–Trinajstić information content (AvgIpc) is 3.06.